The maximum atomic E-state index is 11.5. The van der Waals surface area contributed by atoms with E-state index in [0.717, 1.165) is 17.3 Å². The minimum absolute atomic E-state index is 0.161. The summed E-state index contributed by atoms with van der Waals surface area (Å²) >= 11 is 0. The summed E-state index contributed by atoms with van der Waals surface area (Å²) in [5.41, 5.74) is 0. The number of carbonyl (C=O) groups is 2. The molecule has 0 saturated carbocycles. The van der Waals surface area contributed by atoms with Crippen LogP contribution >= 0.6 is 0 Å². The summed E-state index contributed by atoms with van der Waals surface area (Å²) in [4.78, 5) is 21.9. The first kappa shape index (κ1) is 29.9. The van der Waals surface area contributed by atoms with Gasteiger partial charge < -0.3 is 25.0 Å². The Kier molecular flexibility index (Phi) is 20.6. The standard InChI is InChI=1S/C19H38N2O3.C4H12N/c1-3-4-5-6-7-8-9-10-11-12-13-14-15-20-19(24)21-17(2)16-18(22)23;1-5(2,3)4/h17H,3-16H2,1-2H3,(H,22,23)(H2,20,21,24);1-4H3/q;+1/p-1/t17-;/m1./s1. The summed E-state index contributed by atoms with van der Waals surface area (Å²) < 4.78 is 1.00. The number of hydrogen-bond acceptors (Lipinski definition) is 3. The first-order valence-electron chi connectivity index (χ1n) is 11.6. The quantitative estimate of drug-likeness (QED) is 0.297. The number of aliphatic carboxylic acids is 1. The summed E-state index contributed by atoms with van der Waals surface area (Å²) in [6, 6.07) is -0.705. The Labute approximate surface area is 180 Å². The SMILES string of the molecule is CCCCCCCCCCCCCCNC(=O)N[C@H](C)CC(=O)[O-].C[N+](C)(C)C. The second-order valence-electron chi connectivity index (χ2n) is 9.45. The van der Waals surface area contributed by atoms with Crippen molar-refractivity contribution < 1.29 is 19.2 Å². The van der Waals surface area contributed by atoms with Crippen molar-refractivity contribution in [1.29, 1.82) is 0 Å². The lowest BCUT2D eigenvalue weighted by atomic mass is 10.1. The Morgan fingerprint density at radius 3 is 1.55 bits per heavy atom. The minimum Gasteiger partial charge on any atom is -0.550 e. The highest BCUT2D eigenvalue weighted by atomic mass is 16.4. The Morgan fingerprint density at radius 2 is 1.17 bits per heavy atom. The molecule has 0 aliphatic heterocycles. The van der Waals surface area contributed by atoms with Crippen LogP contribution in [0, 0.1) is 0 Å². The van der Waals surface area contributed by atoms with Crippen molar-refractivity contribution in [3.8, 4) is 0 Å². The zero-order valence-corrected chi connectivity index (χ0v) is 20.1. The highest BCUT2D eigenvalue weighted by Crippen LogP contribution is 2.11. The van der Waals surface area contributed by atoms with Crippen molar-refractivity contribution in [3.63, 3.8) is 0 Å². The average molecular weight is 416 g/mol. The fourth-order valence-corrected chi connectivity index (χ4v) is 2.74. The fourth-order valence-electron chi connectivity index (χ4n) is 2.74. The molecular formula is C23H49N3O3. The molecule has 0 aromatic carbocycles. The van der Waals surface area contributed by atoms with E-state index in [-0.39, 0.29) is 12.5 Å². The number of carboxylic acids is 1. The molecule has 0 radical (unpaired) electrons. The van der Waals surface area contributed by atoms with Crippen LogP contribution in [0.15, 0.2) is 0 Å². The first-order chi connectivity index (χ1) is 13.6. The lowest BCUT2D eigenvalue weighted by molar-refractivity contribution is -0.849. The number of carbonyl (C=O) groups excluding carboxylic acids is 2. The molecule has 1 atom stereocenters. The van der Waals surface area contributed by atoms with Crippen LogP contribution in [0.3, 0.4) is 0 Å². The molecule has 0 aromatic rings. The summed E-state index contributed by atoms with van der Waals surface area (Å²) in [6.07, 6.45) is 15.3. The molecule has 0 rings (SSSR count). The second-order valence-corrected chi connectivity index (χ2v) is 9.45. The molecule has 0 saturated heterocycles. The predicted octanol–water partition coefficient (Wildman–Crippen LogP) is 3.84. The number of quaternary nitrogens is 1. The second kappa shape index (κ2) is 20.0. The van der Waals surface area contributed by atoms with Crippen molar-refractivity contribution in [1.82, 2.24) is 10.6 Å². The van der Waals surface area contributed by atoms with Gasteiger partial charge in [-0.2, -0.15) is 0 Å². The Balaban J connectivity index is 0. The van der Waals surface area contributed by atoms with Gasteiger partial charge in [-0.3, -0.25) is 0 Å². The maximum Gasteiger partial charge on any atom is 0.315 e. The van der Waals surface area contributed by atoms with E-state index in [0.29, 0.717) is 6.54 Å². The van der Waals surface area contributed by atoms with Gasteiger partial charge >= 0.3 is 6.03 Å². The molecule has 6 nitrogen and oxygen atoms in total. The van der Waals surface area contributed by atoms with Gasteiger partial charge in [-0.1, -0.05) is 77.6 Å². The van der Waals surface area contributed by atoms with Gasteiger partial charge in [0, 0.05) is 25.0 Å². The summed E-state index contributed by atoms with van der Waals surface area (Å²) in [7, 11) is 8.50. The zero-order chi connectivity index (χ0) is 22.5. The lowest BCUT2D eigenvalue weighted by Crippen LogP contribution is -2.43. The number of amides is 2. The third-order valence-corrected chi connectivity index (χ3v) is 4.17. The molecular weight excluding hydrogens is 366 g/mol. The molecule has 29 heavy (non-hydrogen) atoms. The van der Waals surface area contributed by atoms with Crippen LogP contribution in [-0.2, 0) is 4.79 Å². The summed E-state index contributed by atoms with van der Waals surface area (Å²) in [5.74, 6) is -1.15. The van der Waals surface area contributed by atoms with Crippen molar-refractivity contribution in [2.45, 2.75) is 103 Å². The van der Waals surface area contributed by atoms with Gasteiger partial charge in [0.05, 0.1) is 28.2 Å². The Hall–Kier alpha value is -1.30. The van der Waals surface area contributed by atoms with Crippen molar-refractivity contribution in [2.75, 3.05) is 34.7 Å². The predicted molar refractivity (Wildman–Crippen MR) is 121 cm³/mol. The van der Waals surface area contributed by atoms with Crippen LogP contribution in [0.25, 0.3) is 0 Å². The van der Waals surface area contributed by atoms with Gasteiger partial charge in [0.1, 0.15) is 0 Å². The number of carboxylic acid groups (broad SMARTS) is 1. The van der Waals surface area contributed by atoms with E-state index in [1.807, 2.05) is 0 Å². The normalized spacial score (nSPS) is 11.9. The van der Waals surface area contributed by atoms with Gasteiger partial charge in [-0.25, -0.2) is 4.79 Å². The lowest BCUT2D eigenvalue weighted by Gasteiger charge is -2.14. The molecule has 0 heterocycles. The van der Waals surface area contributed by atoms with E-state index < -0.39 is 12.0 Å². The third-order valence-electron chi connectivity index (χ3n) is 4.17. The average Bonchev–Trinajstić information content (AvgIpc) is 2.56. The van der Waals surface area contributed by atoms with Gasteiger partial charge in [0.2, 0.25) is 0 Å². The van der Waals surface area contributed by atoms with Crippen molar-refractivity contribution in [3.05, 3.63) is 0 Å². The topological polar surface area (TPSA) is 81.3 Å². The largest absolute Gasteiger partial charge is 0.550 e. The number of hydrogen-bond donors (Lipinski definition) is 2. The molecule has 2 N–H and O–H groups in total. The van der Waals surface area contributed by atoms with Crippen molar-refractivity contribution in [2.24, 2.45) is 0 Å². The van der Waals surface area contributed by atoms with Crippen LogP contribution in [0.4, 0.5) is 4.79 Å². The molecule has 174 valence electrons. The molecule has 0 aliphatic carbocycles. The van der Waals surface area contributed by atoms with E-state index in [9.17, 15) is 14.7 Å². The van der Waals surface area contributed by atoms with Crippen LogP contribution < -0.4 is 15.7 Å². The van der Waals surface area contributed by atoms with Crippen LogP contribution in [0.5, 0.6) is 0 Å². The highest BCUT2D eigenvalue weighted by molar-refractivity contribution is 5.75. The number of nitrogens with zero attached hydrogens (tertiary/aromatic N) is 1. The molecule has 0 aromatic heterocycles. The molecule has 6 heteroatoms. The molecule has 0 unspecified atom stereocenters. The van der Waals surface area contributed by atoms with Crippen LogP contribution in [0.1, 0.15) is 97.3 Å². The van der Waals surface area contributed by atoms with E-state index in [4.69, 9.17) is 0 Å². The number of unbranched alkanes of at least 4 members (excludes halogenated alkanes) is 11. The Morgan fingerprint density at radius 1 is 0.793 bits per heavy atom. The highest BCUT2D eigenvalue weighted by Gasteiger charge is 2.06. The van der Waals surface area contributed by atoms with Gasteiger partial charge in [0.25, 0.3) is 0 Å². The fraction of sp³-hybridized carbons (Fsp3) is 0.913. The van der Waals surface area contributed by atoms with E-state index in [2.05, 4.69) is 45.7 Å². The molecule has 0 aliphatic rings. The molecule has 2 amide bonds. The molecule has 0 fully saturated rings. The zero-order valence-electron chi connectivity index (χ0n) is 20.1. The van der Waals surface area contributed by atoms with Gasteiger partial charge in [-0.15, -0.1) is 0 Å². The van der Waals surface area contributed by atoms with Crippen molar-refractivity contribution >= 4 is 12.0 Å². The summed E-state index contributed by atoms with van der Waals surface area (Å²) in [5, 5.41) is 15.7. The van der Waals surface area contributed by atoms with Crippen LogP contribution in [-0.4, -0.2) is 57.3 Å². The smallest absolute Gasteiger partial charge is 0.315 e. The third kappa shape index (κ3) is 34.6. The maximum absolute atomic E-state index is 11.5. The Bertz CT molecular complexity index is 389. The number of nitrogens with one attached hydrogen (secondary N) is 2. The number of urea groups is 1. The molecule has 0 spiro atoms. The monoisotopic (exact) mass is 415 g/mol. The number of rotatable bonds is 16. The first-order valence-corrected chi connectivity index (χ1v) is 11.6. The van der Waals surface area contributed by atoms with Crippen LogP contribution in [0.2, 0.25) is 0 Å². The molecule has 0 bridgehead atoms. The minimum atomic E-state index is -1.15. The van der Waals surface area contributed by atoms with Gasteiger partial charge in [0.15, 0.2) is 0 Å². The van der Waals surface area contributed by atoms with E-state index >= 15 is 0 Å². The van der Waals surface area contributed by atoms with Gasteiger partial charge in [-0.05, 0) is 13.3 Å². The summed E-state index contributed by atoms with van der Waals surface area (Å²) in [6.45, 7) is 4.54. The van der Waals surface area contributed by atoms with E-state index in [1.54, 1.807) is 6.92 Å². The van der Waals surface area contributed by atoms with E-state index in [1.165, 1.54) is 64.2 Å².